The van der Waals surface area contributed by atoms with Gasteiger partial charge in [0.25, 0.3) is 0 Å². The zero-order valence-electron chi connectivity index (χ0n) is 11.2. The lowest BCUT2D eigenvalue weighted by molar-refractivity contribution is 0.256. The van der Waals surface area contributed by atoms with E-state index < -0.39 is 0 Å². The predicted molar refractivity (Wildman–Crippen MR) is 80.7 cm³/mol. The number of piperidine rings is 1. The van der Waals surface area contributed by atoms with Crippen molar-refractivity contribution in [2.45, 2.75) is 19.3 Å². The van der Waals surface area contributed by atoms with E-state index in [2.05, 4.69) is 9.89 Å². The smallest absolute Gasteiger partial charge is 0.350 e. The average molecular weight is 296 g/mol. The first-order valence-electron chi connectivity index (χ1n) is 6.64. The summed E-state index contributed by atoms with van der Waals surface area (Å²) in [5, 5.41) is 0.589. The van der Waals surface area contributed by atoms with Crippen LogP contribution in [0.1, 0.15) is 19.3 Å². The Bertz CT molecular complexity index is 527. The van der Waals surface area contributed by atoms with Crippen molar-refractivity contribution in [3.63, 3.8) is 0 Å². The highest BCUT2D eigenvalue weighted by Gasteiger charge is 2.29. The third-order valence-electron chi connectivity index (χ3n) is 3.62. The first-order chi connectivity index (χ1) is 9.25. The second-order valence-electron chi connectivity index (χ2n) is 4.90. The Morgan fingerprint density at radius 2 is 1.80 bits per heavy atom. The van der Waals surface area contributed by atoms with Crippen LogP contribution in [-0.4, -0.2) is 41.9 Å². The largest absolute Gasteiger partial charge is 0.412 e. The van der Waals surface area contributed by atoms with E-state index in [0.29, 0.717) is 11.6 Å². The van der Waals surface area contributed by atoms with Crippen molar-refractivity contribution >= 4 is 29.2 Å². The second kappa shape index (κ2) is 6.24. The van der Waals surface area contributed by atoms with Gasteiger partial charge in [0, 0.05) is 13.1 Å². The molecule has 0 radical (unpaired) electrons. The Morgan fingerprint density at radius 1 is 1.10 bits per heavy atom. The van der Waals surface area contributed by atoms with E-state index in [4.69, 9.17) is 11.6 Å². The number of carbonyl (C=O) groups excluding carboxylic acids is 1. The Hall–Kier alpha value is -1.59. The molecular formula is C14H18ClN3O2. The molecule has 20 heavy (non-hydrogen) atoms. The highest BCUT2D eigenvalue weighted by atomic mass is 35.5. The van der Waals surface area contributed by atoms with Crippen molar-refractivity contribution < 1.29 is 10.3 Å². The highest BCUT2D eigenvalue weighted by Crippen LogP contribution is 2.28. The summed E-state index contributed by atoms with van der Waals surface area (Å²) in [4.78, 5) is 20.1. The van der Waals surface area contributed by atoms with Crippen LogP contribution >= 0.6 is 11.6 Å². The zero-order valence-corrected chi connectivity index (χ0v) is 11.9. The number of amides is 2. The molecule has 2 heterocycles. The van der Waals surface area contributed by atoms with Gasteiger partial charge in [0.2, 0.25) is 0 Å². The molecule has 0 bridgehead atoms. The molecule has 3 rings (SSSR count). The Morgan fingerprint density at radius 3 is 2.50 bits per heavy atom. The topological polar surface area (TPSA) is 67.4 Å². The number of para-hydroxylation sites is 1. The fraction of sp³-hybridized carbons (Fsp3) is 0.429. The molecule has 5 nitrogen and oxygen atoms in total. The number of hydrogen-bond donors (Lipinski definition) is 0. The summed E-state index contributed by atoms with van der Waals surface area (Å²) in [6.45, 7) is 2.54. The van der Waals surface area contributed by atoms with Crippen LogP contribution in [0.15, 0.2) is 29.3 Å². The van der Waals surface area contributed by atoms with Gasteiger partial charge in [0.05, 0.1) is 17.3 Å². The van der Waals surface area contributed by atoms with Gasteiger partial charge < -0.3 is 10.4 Å². The van der Waals surface area contributed by atoms with Crippen molar-refractivity contribution in [2.75, 3.05) is 24.5 Å². The average Bonchev–Trinajstić information content (AvgIpc) is 2.82. The first-order valence-corrected chi connectivity index (χ1v) is 7.02. The van der Waals surface area contributed by atoms with E-state index in [9.17, 15) is 4.79 Å². The molecule has 108 valence electrons. The number of hydrogen-bond acceptors (Lipinski definition) is 2. The molecule has 2 amide bonds. The molecule has 0 aliphatic carbocycles. The lowest BCUT2D eigenvalue weighted by Gasteiger charge is -2.28. The number of nitrogens with zero attached hydrogens (tertiary/aromatic N) is 3. The van der Waals surface area contributed by atoms with Gasteiger partial charge in [-0.15, -0.1) is 0 Å². The third kappa shape index (κ3) is 2.78. The predicted octanol–water partition coefficient (Wildman–Crippen LogP) is 2.34. The van der Waals surface area contributed by atoms with Gasteiger partial charge in [-0.25, -0.2) is 4.79 Å². The van der Waals surface area contributed by atoms with Crippen molar-refractivity contribution in [3.05, 3.63) is 29.3 Å². The number of benzene rings is 1. The third-order valence-corrected chi connectivity index (χ3v) is 3.94. The van der Waals surface area contributed by atoms with Crippen molar-refractivity contribution in [1.29, 1.82) is 0 Å². The van der Waals surface area contributed by atoms with Crippen LogP contribution < -0.4 is 4.90 Å². The van der Waals surface area contributed by atoms with Crippen molar-refractivity contribution in [1.82, 2.24) is 4.90 Å². The highest BCUT2D eigenvalue weighted by molar-refractivity contribution is 6.34. The van der Waals surface area contributed by atoms with E-state index in [1.807, 2.05) is 18.2 Å². The number of rotatable bonds is 1. The van der Waals surface area contributed by atoms with E-state index in [0.717, 1.165) is 24.6 Å². The van der Waals surface area contributed by atoms with Crippen LogP contribution in [0.3, 0.4) is 0 Å². The Kier molecular flexibility index (Phi) is 4.62. The summed E-state index contributed by atoms with van der Waals surface area (Å²) in [7, 11) is 0. The molecule has 0 atom stereocenters. The Labute approximate surface area is 123 Å². The fourth-order valence-corrected chi connectivity index (χ4v) is 2.83. The van der Waals surface area contributed by atoms with Gasteiger partial charge in [0.1, 0.15) is 5.84 Å². The zero-order chi connectivity index (χ0) is 13.2. The second-order valence-corrected chi connectivity index (χ2v) is 5.30. The summed E-state index contributed by atoms with van der Waals surface area (Å²) in [5.74, 6) is 0.879. The number of amidine groups is 1. The van der Waals surface area contributed by atoms with Crippen LogP contribution in [0.4, 0.5) is 10.5 Å². The summed E-state index contributed by atoms with van der Waals surface area (Å²) >= 11 is 6.14. The van der Waals surface area contributed by atoms with Gasteiger partial charge in [-0.3, -0.25) is 4.90 Å². The molecule has 1 aromatic carbocycles. The van der Waals surface area contributed by atoms with Crippen LogP contribution in [-0.2, 0) is 0 Å². The van der Waals surface area contributed by atoms with Gasteiger partial charge in [-0.2, -0.15) is 4.99 Å². The monoisotopic (exact) mass is 295 g/mol. The number of anilines is 1. The standard InChI is InChI=1S/C14H16ClN3O.H2O/c15-11-6-2-3-7-12(11)18-10-13(16-14(18)19)17-8-4-1-5-9-17;/h2-3,6-7H,1,4-5,8-10H2;1H2. The minimum Gasteiger partial charge on any atom is -0.412 e. The molecule has 0 aromatic heterocycles. The van der Waals surface area contributed by atoms with E-state index in [-0.39, 0.29) is 11.5 Å². The van der Waals surface area contributed by atoms with E-state index in [1.165, 1.54) is 19.3 Å². The van der Waals surface area contributed by atoms with Gasteiger partial charge in [-0.05, 0) is 31.4 Å². The minimum absolute atomic E-state index is 0. The normalized spacial score (nSPS) is 18.9. The number of urea groups is 1. The summed E-state index contributed by atoms with van der Waals surface area (Å²) in [6, 6.07) is 7.18. The maximum absolute atomic E-state index is 12.0. The maximum Gasteiger partial charge on any atom is 0.350 e. The maximum atomic E-state index is 12.0. The molecular weight excluding hydrogens is 278 g/mol. The van der Waals surface area contributed by atoms with Gasteiger partial charge >= 0.3 is 6.03 Å². The minimum atomic E-state index is -0.214. The van der Waals surface area contributed by atoms with Crippen LogP contribution in [0.5, 0.6) is 0 Å². The van der Waals surface area contributed by atoms with Crippen LogP contribution in [0, 0.1) is 0 Å². The number of aliphatic imine (C=N–C) groups is 1. The summed E-state index contributed by atoms with van der Waals surface area (Å²) in [5.41, 5.74) is 0.741. The van der Waals surface area contributed by atoms with Gasteiger partial charge in [0.15, 0.2) is 0 Å². The number of carbonyl (C=O) groups is 1. The molecule has 6 heteroatoms. The van der Waals surface area contributed by atoms with E-state index in [1.54, 1.807) is 11.0 Å². The molecule has 1 saturated heterocycles. The molecule has 0 unspecified atom stereocenters. The SMILES string of the molecule is O.O=C1N=C(N2CCCCC2)CN1c1ccccc1Cl. The molecule has 0 saturated carbocycles. The van der Waals surface area contributed by atoms with Gasteiger partial charge in [-0.1, -0.05) is 23.7 Å². The molecule has 2 N–H and O–H groups in total. The first kappa shape index (κ1) is 14.8. The summed E-state index contributed by atoms with van der Waals surface area (Å²) < 4.78 is 0. The van der Waals surface area contributed by atoms with E-state index >= 15 is 0 Å². The number of halogens is 1. The quantitative estimate of drug-likeness (QED) is 0.798. The molecule has 1 aromatic rings. The van der Waals surface area contributed by atoms with Crippen LogP contribution in [0.25, 0.3) is 0 Å². The van der Waals surface area contributed by atoms with Crippen LogP contribution in [0.2, 0.25) is 5.02 Å². The fourth-order valence-electron chi connectivity index (χ4n) is 2.60. The molecule has 0 spiro atoms. The molecule has 2 aliphatic heterocycles. The van der Waals surface area contributed by atoms with Crippen molar-refractivity contribution in [2.24, 2.45) is 4.99 Å². The lowest BCUT2D eigenvalue weighted by atomic mass is 10.1. The molecule has 2 aliphatic rings. The summed E-state index contributed by atoms with van der Waals surface area (Å²) in [6.07, 6.45) is 3.63. The van der Waals surface area contributed by atoms with Crippen molar-refractivity contribution in [3.8, 4) is 0 Å². The number of likely N-dealkylation sites (tertiary alicyclic amines) is 1. The lowest BCUT2D eigenvalue weighted by Crippen LogP contribution is -2.39. The Balaban J connectivity index is 0.00000147. The molecule has 1 fully saturated rings.